The smallest absolute Gasteiger partial charge is 0.258 e. The SMILES string of the molecule is Cc1ccc([C@@H]2NC(=O)c3cnn(-c4ccccc4)c3N2)cc1. The number of carbonyl (C=O) groups is 1. The maximum absolute atomic E-state index is 12.4. The zero-order chi connectivity index (χ0) is 15.8. The molecule has 5 heteroatoms. The lowest BCUT2D eigenvalue weighted by atomic mass is 10.1. The van der Waals surface area contributed by atoms with Gasteiger partial charge in [-0.25, -0.2) is 4.68 Å². The molecule has 1 amide bonds. The largest absolute Gasteiger partial charge is 0.345 e. The predicted molar refractivity (Wildman–Crippen MR) is 88.6 cm³/mol. The number of nitrogens with zero attached hydrogens (tertiary/aromatic N) is 2. The van der Waals surface area contributed by atoms with E-state index < -0.39 is 0 Å². The minimum Gasteiger partial charge on any atom is -0.345 e. The van der Waals surface area contributed by atoms with Gasteiger partial charge in [-0.1, -0.05) is 48.0 Å². The molecule has 2 aromatic carbocycles. The van der Waals surface area contributed by atoms with Crippen molar-refractivity contribution in [2.45, 2.75) is 13.1 Å². The highest BCUT2D eigenvalue weighted by molar-refractivity contribution is 6.01. The van der Waals surface area contributed by atoms with Gasteiger partial charge in [0.1, 0.15) is 17.5 Å². The Labute approximate surface area is 134 Å². The molecule has 0 bridgehead atoms. The van der Waals surface area contributed by atoms with E-state index in [9.17, 15) is 4.79 Å². The average molecular weight is 304 g/mol. The Kier molecular flexibility index (Phi) is 3.12. The molecule has 1 aromatic heterocycles. The molecule has 2 heterocycles. The highest BCUT2D eigenvalue weighted by Gasteiger charge is 2.28. The van der Waals surface area contributed by atoms with Gasteiger partial charge in [0.25, 0.3) is 5.91 Å². The van der Waals surface area contributed by atoms with E-state index in [2.05, 4.69) is 15.7 Å². The van der Waals surface area contributed by atoms with Crippen molar-refractivity contribution in [1.82, 2.24) is 15.1 Å². The van der Waals surface area contributed by atoms with Gasteiger partial charge in [-0.15, -0.1) is 0 Å². The molecule has 2 N–H and O–H groups in total. The van der Waals surface area contributed by atoms with Gasteiger partial charge in [0.15, 0.2) is 0 Å². The summed E-state index contributed by atoms with van der Waals surface area (Å²) in [5, 5.41) is 10.7. The van der Waals surface area contributed by atoms with Crippen molar-refractivity contribution in [3.05, 3.63) is 77.5 Å². The van der Waals surface area contributed by atoms with Crippen LogP contribution in [0.25, 0.3) is 5.69 Å². The van der Waals surface area contributed by atoms with Crippen LogP contribution in [0.4, 0.5) is 5.82 Å². The van der Waals surface area contributed by atoms with Crippen LogP contribution in [-0.4, -0.2) is 15.7 Å². The van der Waals surface area contributed by atoms with Crippen LogP contribution in [0.2, 0.25) is 0 Å². The zero-order valence-corrected chi connectivity index (χ0v) is 12.7. The molecular weight excluding hydrogens is 288 g/mol. The van der Waals surface area contributed by atoms with Gasteiger partial charge in [0.05, 0.1) is 11.9 Å². The topological polar surface area (TPSA) is 59.0 Å². The van der Waals surface area contributed by atoms with Crippen molar-refractivity contribution in [3.8, 4) is 5.69 Å². The molecule has 23 heavy (non-hydrogen) atoms. The highest BCUT2D eigenvalue weighted by Crippen LogP contribution is 2.28. The standard InChI is InChI=1S/C18H16N4O/c1-12-7-9-13(10-8-12)16-20-17-15(18(23)21-16)11-19-22(17)14-5-3-2-4-6-14/h2-11,16,20H,1H3,(H,21,23)/t16-/m0/s1. The van der Waals surface area contributed by atoms with Crippen LogP contribution in [0.5, 0.6) is 0 Å². The van der Waals surface area contributed by atoms with Gasteiger partial charge < -0.3 is 10.6 Å². The van der Waals surface area contributed by atoms with Crippen molar-refractivity contribution in [1.29, 1.82) is 0 Å². The Morgan fingerprint density at radius 3 is 2.48 bits per heavy atom. The lowest BCUT2D eigenvalue weighted by molar-refractivity contribution is 0.0935. The van der Waals surface area contributed by atoms with Crippen molar-refractivity contribution in [3.63, 3.8) is 0 Å². The lowest BCUT2D eigenvalue weighted by Crippen LogP contribution is -2.38. The van der Waals surface area contributed by atoms with E-state index in [1.54, 1.807) is 10.9 Å². The summed E-state index contributed by atoms with van der Waals surface area (Å²) in [5.41, 5.74) is 3.66. The van der Waals surface area contributed by atoms with E-state index in [1.165, 1.54) is 5.56 Å². The fraction of sp³-hybridized carbons (Fsp3) is 0.111. The van der Waals surface area contributed by atoms with Gasteiger partial charge in [-0.05, 0) is 24.6 Å². The summed E-state index contributed by atoms with van der Waals surface area (Å²) in [7, 11) is 0. The molecule has 0 aliphatic carbocycles. The number of aromatic nitrogens is 2. The molecule has 0 spiro atoms. The molecule has 114 valence electrons. The fourth-order valence-electron chi connectivity index (χ4n) is 2.73. The van der Waals surface area contributed by atoms with Crippen molar-refractivity contribution >= 4 is 11.7 Å². The first-order chi connectivity index (χ1) is 11.2. The Bertz CT molecular complexity index is 852. The molecule has 1 aliphatic heterocycles. The molecule has 5 nitrogen and oxygen atoms in total. The van der Waals surface area contributed by atoms with E-state index in [1.807, 2.05) is 61.5 Å². The van der Waals surface area contributed by atoms with Crippen molar-refractivity contribution in [2.24, 2.45) is 0 Å². The molecule has 0 saturated heterocycles. The highest BCUT2D eigenvalue weighted by atomic mass is 16.2. The first-order valence-electron chi connectivity index (χ1n) is 7.50. The van der Waals surface area contributed by atoms with Crippen molar-refractivity contribution in [2.75, 3.05) is 5.32 Å². The summed E-state index contributed by atoms with van der Waals surface area (Å²) < 4.78 is 1.76. The van der Waals surface area contributed by atoms with E-state index in [0.717, 1.165) is 11.3 Å². The predicted octanol–water partition coefficient (Wildman–Crippen LogP) is 3.03. The molecule has 0 radical (unpaired) electrons. The zero-order valence-electron chi connectivity index (χ0n) is 12.7. The second kappa shape index (κ2) is 5.28. The van der Waals surface area contributed by atoms with Gasteiger partial charge in [0, 0.05) is 0 Å². The third kappa shape index (κ3) is 2.36. The fourth-order valence-corrected chi connectivity index (χ4v) is 2.73. The summed E-state index contributed by atoms with van der Waals surface area (Å²) in [6.45, 7) is 2.04. The van der Waals surface area contributed by atoms with Crippen LogP contribution in [0.15, 0.2) is 60.8 Å². The average Bonchev–Trinajstić information content (AvgIpc) is 3.01. The number of aryl methyl sites for hydroxylation is 1. The third-order valence-corrected chi connectivity index (χ3v) is 3.98. The summed E-state index contributed by atoms with van der Waals surface area (Å²) >= 11 is 0. The molecule has 0 unspecified atom stereocenters. The Morgan fingerprint density at radius 1 is 1.00 bits per heavy atom. The molecule has 1 atom stereocenters. The number of amides is 1. The minimum absolute atomic E-state index is 0.119. The number of anilines is 1. The van der Waals surface area contributed by atoms with Crippen LogP contribution in [0.1, 0.15) is 27.7 Å². The Morgan fingerprint density at radius 2 is 1.74 bits per heavy atom. The maximum atomic E-state index is 12.4. The lowest BCUT2D eigenvalue weighted by Gasteiger charge is -2.27. The summed E-state index contributed by atoms with van der Waals surface area (Å²) in [4.78, 5) is 12.4. The quantitative estimate of drug-likeness (QED) is 0.765. The normalized spacial score (nSPS) is 16.4. The molecule has 1 aliphatic rings. The Balaban J connectivity index is 1.74. The van der Waals surface area contributed by atoms with E-state index in [-0.39, 0.29) is 12.1 Å². The Hall–Kier alpha value is -3.08. The van der Waals surface area contributed by atoms with E-state index in [0.29, 0.717) is 11.4 Å². The summed E-state index contributed by atoms with van der Waals surface area (Å²) in [6.07, 6.45) is 1.32. The number of fused-ring (bicyclic) bond motifs is 1. The van der Waals surface area contributed by atoms with Crippen LogP contribution in [0, 0.1) is 6.92 Å². The van der Waals surface area contributed by atoms with Crippen LogP contribution in [-0.2, 0) is 0 Å². The van der Waals surface area contributed by atoms with Gasteiger partial charge >= 0.3 is 0 Å². The molecule has 4 rings (SSSR count). The number of hydrogen-bond acceptors (Lipinski definition) is 3. The second-order valence-corrected chi connectivity index (χ2v) is 5.62. The molecule has 3 aromatic rings. The number of para-hydroxylation sites is 1. The first-order valence-corrected chi connectivity index (χ1v) is 7.50. The van der Waals surface area contributed by atoms with Crippen LogP contribution >= 0.6 is 0 Å². The van der Waals surface area contributed by atoms with E-state index in [4.69, 9.17) is 0 Å². The van der Waals surface area contributed by atoms with Crippen LogP contribution in [0.3, 0.4) is 0 Å². The van der Waals surface area contributed by atoms with Gasteiger partial charge in [-0.2, -0.15) is 5.10 Å². The molecule has 0 saturated carbocycles. The monoisotopic (exact) mass is 304 g/mol. The number of nitrogens with one attached hydrogen (secondary N) is 2. The van der Waals surface area contributed by atoms with Gasteiger partial charge in [0.2, 0.25) is 0 Å². The maximum Gasteiger partial charge on any atom is 0.258 e. The molecular formula is C18H16N4O. The van der Waals surface area contributed by atoms with Gasteiger partial charge in [-0.3, -0.25) is 4.79 Å². The van der Waals surface area contributed by atoms with E-state index >= 15 is 0 Å². The number of hydrogen-bond donors (Lipinski definition) is 2. The minimum atomic E-state index is -0.269. The van der Waals surface area contributed by atoms with Crippen molar-refractivity contribution < 1.29 is 4.79 Å². The molecule has 0 fully saturated rings. The summed E-state index contributed by atoms with van der Waals surface area (Å²) in [5.74, 6) is 0.594. The first kappa shape index (κ1) is 13.6. The van der Waals surface area contributed by atoms with Crippen LogP contribution < -0.4 is 10.6 Å². The second-order valence-electron chi connectivity index (χ2n) is 5.62. The summed E-state index contributed by atoms with van der Waals surface area (Å²) in [6, 6.07) is 17.9. The number of rotatable bonds is 2. The third-order valence-electron chi connectivity index (χ3n) is 3.98. The number of carbonyl (C=O) groups excluding carboxylic acids is 1. The number of benzene rings is 2.